The number of carbonyl (C=O) groups is 1. The summed E-state index contributed by atoms with van der Waals surface area (Å²) in [5.74, 6) is -0.598. The molecule has 0 saturated carbocycles. The van der Waals surface area contributed by atoms with Gasteiger partial charge in [0.05, 0.1) is 24.5 Å². The Morgan fingerprint density at radius 3 is 2.57 bits per heavy atom. The maximum Gasteiger partial charge on any atom is 0.357 e. The van der Waals surface area contributed by atoms with Crippen molar-refractivity contribution in [1.82, 2.24) is 9.88 Å². The lowest BCUT2D eigenvalue weighted by Crippen LogP contribution is -2.23. The number of nitriles is 1. The van der Waals surface area contributed by atoms with Crippen molar-refractivity contribution < 1.29 is 14.6 Å². The summed E-state index contributed by atoms with van der Waals surface area (Å²) in [6, 6.07) is 19.2. The molecule has 7 nitrogen and oxygen atoms in total. The number of ether oxygens (including phenoxy) is 1. The van der Waals surface area contributed by atoms with Gasteiger partial charge in [0.25, 0.3) is 0 Å². The van der Waals surface area contributed by atoms with Crippen molar-refractivity contribution in [1.29, 1.82) is 5.26 Å². The molecule has 0 aliphatic rings. The number of aliphatic hydroxyl groups excluding tert-OH is 1. The highest BCUT2D eigenvalue weighted by atomic mass is 16.5. The maximum atomic E-state index is 12.1. The maximum absolute atomic E-state index is 12.1. The molecule has 0 radical (unpaired) electrons. The molecular weight excluding hydrogens is 380 g/mol. The molecule has 3 rings (SSSR count). The highest BCUT2D eigenvalue weighted by molar-refractivity contribution is 5.95. The van der Waals surface area contributed by atoms with Crippen molar-refractivity contribution in [3.63, 3.8) is 0 Å². The molecule has 0 aliphatic heterocycles. The third-order valence-electron chi connectivity index (χ3n) is 4.87. The molecule has 0 aliphatic carbocycles. The fourth-order valence-electron chi connectivity index (χ4n) is 3.21. The predicted octanol–water partition coefficient (Wildman–Crippen LogP) is 2.58. The summed E-state index contributed by atoms with van der Waals surface area (Å²) in [5.41, 5.74) is 9.09. The van der Waals surface area contributed by atoms with Gasteiger partial charge in [-0.15, -0.1) is 0 Å². The minimum absolute atomic E-state index is 0.106. The molecule has 2 aromatic carbocycles. The Morgan fingerprint density at radius 2 is 1.93 bits per heavy atom. The van der Waals surface area contributed by atoms with Crippen molar-refractivity contribution in [3.8, 4) is 11.8 Å². The van der Waals surface area contributed by atoms with Crippen LogP contribution in [0, 0.1) is 11.3 Å². The fraction of sp³-hybridized carbons (Fsp3) is 0.217. The van der Waals surface area contributed by atoms with E-state index in [0.29, 0.717) is 18.8 Å². The second-order valence-corrected chi connectivity index (χ2v) is 6.83. The first-order valence-electron chi connectivity index (χ1n) is 9.57. The van der Waals surface area contributed by atoms with Gasteiger partial charge in [0, 0.05) is 18.4 Å². The van der Waals surface area contributed by atoms with Crippen LogP contribution in [0.4, 0.5) is 5.69 Å². The van der Waals surface area contributed by atoms with Crippen molar-refractivity contribution >= 4 is 11.7 Å². The van der Waals surface area contributed by atoms with Gasteiger partial charge in [-0.1, -0.05) is 42.5 Å². The van der Waals surface area contributed by atoms with Crippen LogP contribution in [0.3, 0.4) is 0 Å². The van der Waals surface area contributed by atoms with Crippen LogP contribution >= 0.6 is 0 Å². The van der Waals surface area contributed by atoms with Crippen LogP contribution in [0.5, 0.6) is 0 Å². The predicted molar refractivity (Wildman–Crippen MR) is 114 cm³/mol. The van der Waals surface area contributed by atoms with Gasteiger partial charge in [0.1, 0.15) is 6.07 Å². The van der Waals surface area contributed by atoms with Crippen LogP contribution in [0.25, 0.3) is 5.69 Å². The van der Waals surface area contributed by atoms with Gasteiger partial charge in [-0.2, -0.15) is 5.26 Å². The van der Waals surface area contributed by atoms with Gasteiger partial charge in [0.15, 0.2) is 5.69 Å². The Labute approximate surface area is 175 Å². The zero-order chi connectivity index (χ0) is 21.5. The summed E-state index contributed by atoms with van der Waals surface area (Å²) in [6.45, 7) is 1.19. The van der Waals surface area contributed by atoms with E-state index in [-0.39, 0.29) is 16.9 Å². The molecule has 0 amide bonds. The average Bonchev–Trinajstić information content (AvgIpc) is 3.13. The number of nitrogens with two attached hydrogens (primary N) is 1. The van der Waals surface area contributed by atoms with E-state index in [1.807, 2.05) is 60.7 Å². The molecule has 1 heterocycles. The standard InChI is InChI=1S/C23H24N4O3/c1-30-23(29)22-21(25)18(13-24)15-27(22)19-9-7-16(8-10-19)11-12-26-14-20(28)17-5-3-2-4-6-17/h2-10,15,20,26,28H,11-12,14,25H2,1H3. The lowest BCUT2D eigenvalue weighted by atomic mass is 10.1. The van der Waals surface area contributed by atoms with Crippen LogP contribution in [0.2, 0.25) is 0 Å². The average molecular weight is 404 g/mol. The molecule has 4 N–H and O–H groups in total. The zero-order valence-electron chi connectivity index (χ0n) is 16.7. The van der Waals surface area contributed by atoms with E-state index < -0.39 is 12.1 Å². The molecule has 1 aromatic heterocycles. The minimum atomic E-state index is -0.598. The Hall–Kier alpha value is -3.60. The normalized spacial score (nSPS) is 11.6. The van der Waals surface area contributed by atoms with Gasteiger partial charge in [0.2, 0.25) is 0 Å². The van der Waals surface area contributed by atoms with Gasteiger partial charge in [-0.3, -0.25) is 0 Å². The van der Waals surface area contributed by atoms with Crippen LogP contribution in [0.15, 0.2) is 60.8 Å². The molecule has 0 bridgehead atoms. The number of anilines is 1. The van der Waals surface area contributed by atoms with E-state index in [1.54, 1.807) is 4.57 Å². The highest BCUT2D eigenvalue weighted by Gasteiger charge is 2.21. The SMILES string of the molecule is COC(=O)c1c(N)c(C#N)cn1-c1ccc(CCNCC(O)c2ccccc2)cc1. The first-order valence-corrected chi connectivity index (χ1v) is 9.57. The number of benzene rings is 2. The second-order valence-electron chi connectivity index (χ2n) is 6.83. The second kappa shape index (κ2) is 9.74. The number of carbonyl (C=O) groups excluding carboxylic acids is 1. The number of methoxy groups -OCH3 is 1. The zero-order valence-corrected chi connectivity index (χ0v) is 16.7. The summed E-state index contributed by atoms with van der Waals surface area (Å²) in [5, 5.41) is 22.7. The van der Waals surface area contributed by atoms with Crippen molar-refractivity contribution in [2.45, 2.75) is 12.5 Å². The number of rotatable bonds is 8. The summed E-state index contributed by atoms with van der Waals surface area (Å²) in [6.07, 6.45) is 1.77. The van der Waals surface area contributed by atoms with Crippen LogP contribution < -0.4 is 11.1 Å². The Morgan fingerprint density at radius 1 is 1.23 bits per heavy atom. The van der Waals surface area contributed by atoms with Gasteiger partial charge in [-0.25, -0.2) is 4.79 Å². The Bertz CT molecular complexity index is 1040. The molecule has 3 aromatic rings. The molecule has 1 atom stereocenters. The van der Waals surface area contributed by atoms with E-state index in [1.165, 1.54) is 13.3 Å². The molecule has 7 heteroatoms. The number of nitrogens with one attached hydrogen (secondary N) is 1. The number of hydrogen-bond donors (Lipinski definition) is 3. The highest BCUT2D eigenvalue weighted by Crippen LogP contribution is 2.25. The van der Waals surface area contributed by atoms with E-state index in [9.17, 15) is 15.2 Å². The van der Waals surface area contributed by atoms with Crippen LogP contribution in [-0.2, 0) is 11.2 Å². The minimum Gasteiger partial charge on any atom is -0.464 e. The van der Waals surface area contributed by atoms with Crippen molar-refractivity contribution in [2.24, 2.45) is 0 Å². The quantitative estimate of drug-likeness (QED) is 0.393. The van der Waals surface area contributed by atoms with Crippen molar-refractivity contribution in [2.75, 3.05) is 25.9 Å². The van der Waals surface area contributed by atoms with Crippen LogP contribution in [-0.4, -0.2) is 35.8 Å². The van der Waals surface area contributed by atoms with E-state index >= 15 is 0 Å². The molecule has 154 valence electrons. The summed E-state index contributed by atoms with van der Waals surface area (Å²) in [4.78, 5) is 12.1. The largest absolute Gasteiger partial charge is 0.464 e. The van der Waals surface area contributed by atoms with Crippen LogP contribution in [0.1, 0.15) is 33.3 Å². The van der Waals surface area contributed by atoms with E-state index in [4.69, 9.17) is 10.5 Å². The summed E-state index contributed by atoms with van der Waals surface area (Å²) in [7, 11) is 1.27. The Kier molecular flexibility index (Phi) is 6.86. The third-order valence-corrected chi connectivity index (χ3v) is 4.87. The molecule has 30 heavy (non-hydrogen) atoms. The van der Waals surface area contributed by atoms with Gasteiger partial charge >= 0.3 is 5.97 Å². The summed E-state index contributed by atoms with van der Waals surface area (Å²) < 4.78 is 6.37. The van der Waals surface area contributed by atoms with E-state index in [2.05, 4.69) is 5.32 Å². The fourth-order valence-corrected chi connectivity index (χ4v) is 3.21. The Balaban J connectivity index is 1.62. The number of hydrogen-bond acceptors (Lipinski definition) is 6. The summed E-state index contributed by atoms with van der Waals surface area (Å²) >= 11 is 0. The monoisotopic (exact) mass is 404 g/mol. The van der Waals surface area contributed by atoms with Gasteiger partial charge < -0.3 is 25.5 Å². The molecule has 0 saturated heterocycles. The molecule has 0 spiro atoms. The lowest BCUT2D eigenvalue weighted by Gasteiger charge is -2.12. The topological polar surface area (TPSA) is 113 Å². The molecular formula is C23H24N4O3. The number of nitrogen functional groups attached to an aromatic ring is 1. The first-order chi connectivity index (χ1) is 14.5. The molecule has 0 fully saturated rings. The number of aliphatic hydroxyl groups is 1. The number of aromatic nitrogens is 1. The number of esters is 1. The van der Waals surface area contributed by atoms with E-state index in [0.717, 1.165) is 17.5 Å². The van der Waals surface area contributed by atoms with Crippen molar-refractivity contribution in [3.05, 3.63) is 83.2 Å². The lowest BCUT2D eigenvalue weighted by molar-refractivity contribution is 0.0593. The third kappa shape index (κ3) is 4.69. The smallest absolute Gasteiger partial charge is 0.357 e. The molecule has 1 unspecified atom stereocenters. The first kappa shape index (κ1) is 21.1. The number of nitrogens with zero attached hydrogens (tertiary/aromatic N) is 2. The van der Waals surface area contributed by atoms with Gasteiger partial charge in [-0.05, 0) is 36.2 Å².